The van der Waals surface area contributed by atoms with Crippen molar-refractivity contribution in [2.75, 3.05) is 7.11 Å². The lowest BCUT2D eigenvalue weighted by molar-refractivity contribution is 0.412. The number of nitrogens with zero attached hydrogens (tertiary/aromatic N) is 2. The fraction of sp³-hybridized carbons (Fsp3) is 0.231. The molecule has 0 amide bonds. The molecule has 6 heteroatoms. The average Bonchev–Trinajstić information content (AvgIpc) is 2.87. The Morgan fingerprint density at radius 2 is 2.16 bits per heavy atom. The maximum Gasteiger partial charge on any atom is 0.161 e. The number of methoxy groups -OCH3 is 1. The molecule has 0 unspecified atom stereocenters. The van der Waals surface area contributed by atoms with Crippen molar-refractivity contribution in [1.29, 1.82) is 0 Å². The molecule has 1 aliphatic heterocycles. The quantitative estimate of drug-likeness (QED) is 0.750. The summed E-state index contributed by atoms with van der Waals surface area (Å²) in [5, 5.41) is 0.567. The van der Waals surface area contributed by atoms with Crippen molar-refractivity contribution >= 4 is 39.3 Å². The van der Waals surface area contributed by atoms with Crippen LogP contribution in [0.3, 0.4) is 0 Å². The molecule has 2 aromatic rings. The van der Waals surface area contributed by atoms with Gasteiger partial charge in [-0.05, 0) is 34.1 Å². The van der Waals surface area contributed by atoms with Gasteiger partial charge in [0.25, 0.3) is 0 Å². The molecule has 0 saturated heterocycles. The zero-order valence-electron chi connectivity index (χ0n) is 10.1. The monoisotopic (exact) mass is 356 g/mol. The van der Waals surface area contributed by atoms with Crippen molar-refractivity contribution in [1.82, 2.24) is 9.97 Å². The highest BCUT2D eigenvalue weighted by molar-refractivity contribution is 9.10. The van der Waals surface area contributed by atoms with Gasteiger partial charge in [-0.2, -0.15) is 11.8 Å². The number of hydrogen-bond donors (Lipinski definition) is 0. The Bertz CT molecular complexity index is 651. The van der Waals surface area contributed by atoms with E-state index in [0.29, 0.717) is 11.0 Å². The molecule has 1 aromatic heterocycles. The van der Waals surface area contributed by atoms with Crippen molar-refractivity contribution in [2.24, 2.45) is 0 Å². The molecule has 0 atom stereocenters. The Morgan fingerprint density at radius 1 is 1.32 bits per heavy atom. The Labute approximate surface area is 128 Å². The molecular weight excluding hydrogens is 348 g/mol. The molecule has 0 aliphatic carbocycles. The van der Waals surface area contributed by atoms with E-state index in [9.17, 15) is 0 Å². The normalized spacial score (nSPS) is 13.4. The van der Waals surface area contributed by atoms with E-state index in [1.165, 1.54) is 0 Å². The van der Waals surface area contributed by atoms with Crippen molar-refractivity contribution in [2.45, 2.75) is 11.5 Å². The van der Waals surface area contributed by atoms with Crippen molar-refractivity contribution in [3.63, 3.8) is 0 Å². The van der Waals surface area contributed by atoms with Gasteiger partial charge in [0.1, 0.15) is 10.9 Å². The minimum atomic E-state index is 0.567. The number of thioether (sulfide) groups is 1. The third-order valence-corrected chi connectivity index (χ3v) is 4.84. The van der Waals surface area contributed by atoms with Crippen LogP contribution in [-0.4, -0.2) is 17.1 Å². The van der Waals surface area contributed by atoms with Gasteiger partial charge in [0.05, 0.1) is 17.3 Å². The van der Waals surface area contributed by atoms with Crippen LogP contribution in [0, 0.1) is 0 Å². The summed E-state index contributed by atoms with van der Waals surface area (Å²) in [5.74, 6) is 3.25. The predicted molar refractivity (Wildman–Crippen MR) is 81.7 cm³/mol. The first-order chi connectivity index (χ1) is 9.19. The van der Waals surface area contributed by atoms with Gasteiger partial charge in [0.2, 0.25) is 0 Å². The Kier molecular flexibility index (Phi) is 3.69. The minimum absolute atomic E-state index is 0.567. The van der Waals surface area contributed by atoms with E-state index in [4.69, 9.17) is 16.3 Å². The van der Waals surface area contributed by atoms with E-state index >= 15 is 0 Å². The van der Waals surface area contributed by atoms with E-state index in [2.05, 4.69) is 25.9 Å². The number of benzene rings is 1. The zero-order chi connectivity index (χ0) is 13.4. The summed E-state index contributed by atoms with van der Waals surface area (Å²) in [6.45, 7) is 0. The van der Waals surface area contributed by atoms with Gasteiger partial charge in [0.15, 0.2) is 5.82 Å². The van der Waals surface area contributed by atoms with Crippen LogP contribution >= 0.6 is 39.3 Å². The van der Waals surface area contributed by atoms with Crippen LogP contribution in [0.2, 0.25) is 5.15 Å². The molecule has 3 rings (SSSR count). The number of fused-ring (bicyclic) bond motifs is 1. The van der Waals surface area contributed by atoms with Crippen molar-refractivity contribution < 1.29 is 4.74 Å². The molecule has 1 aromatic carbocycles. The molecule has 1 aliphatic rings. The van der Waals surface area contributed by atoms with Crippen LogP contribution in [0.5, 0.6) is 5.75 Å². The average molecular weight is 358 g/mol. The van der Waals surface area contributed by atoms with Gasteiger partial charge in [0, 0.05) is 22.6 Å². The molecule has 0 bridgehead atoms. The van der Waals surface area contributed by atoms with E-state index in [1.54, 1.807) is 7.11 Å². The second-order valence-electron chi connectivity index (χ2n) is 4.11. The first-order valence-corrected chi connectivity index (χ1v) is 7.98. The number of halogens is 2. The third kappa shape index (κ3) is 2.47. The van der Waals surface area contributed by atoms with Crippen LogP contribution in [0.25, 0.3) is 11.4 Å². The first-order valence-electron chi connectivity index (χ1n) is 5.66. The summed E-state index contributed by atoms with van der Waals surface area (Å²) in [7, 11) is 1.64. The van der Waals surface area contributed by atoms with Crippen molar-refractivity contribution in [3.05, 3.63) is 39.1 Å². The third-order valence-electron chi connectivity index (χ3n) is 2.94. The first kappa shape index (κ1) is 13.2. The molecule has 3 nitrogen and oxygen atoms in total. The lowest BCUT2D eigenvalue weighted by Gasteiger charge is -2.07. The maximum atomic E-state index is 6.22. The fourth-order valence-corrected chi connectivity index (χ4v) is 3.86. The molecule has 0 N–H and O–H groups in total. The molecule has 0 saturated carbocycles. The minimum Gasteiger partial charge on any atom is -0.496 e. The van der Waals surface area contributed by atoms with Gasteiger partial charge < -0.3 is 4.74 Å². The zero-order valence-corrected chi connectivity index (χ0v) is 13.3. The largest absolute Gasteiger partial charge is 0.496 e. The van der Waals surface area contributed by atoms with Crippen LogP contribution < -0.4 is 4.74 Å². The molecule has 0 radical (unpaired) electrons. The van der Waals surface area contributed by atoms with Crippen molar-refractivity contribution in [3.8, 4) is 17.1 Å². The van der Waals surface area contributed by atoms with Crippen LogP contribution in [-0.2, 0) is 11.5 Å². The number of rotatable bonds is 2. The summed E-state index contributed by atoms with van der Waals surface area (Å²) in [4.78, 5) is 8.99. The molecule has 0 fully saturated rings. The molecule has 98 valence electrons. The lowest BCUT2D eigenvalue weighted by Crippen LogP contribution is -1.97. The van der Waals surface area contributed by atoms with E-state index < -0.39 is 0 Å². The summed E-state index contributed by atoms with van der Waals surface area (Å²) in [5.41, 5.74) is 3.05. The maximum absolute atomic E-state index is 6.22. The SMILES string of the molecule is COc1ccc(-c2nc(Cl)c3c(n2)CSC3)cc1Br. The highest BCUT2D eigenvalue weighted by atomic mass is 79.9. The molecule has 2 heterocycles. The highest BCUT2D eigenvalue weighted by Crippen LogP contribution is 2.35. The molecule has 19 heavy (non-hydrogen) atoms. The van der Waals surface area contributed by atoms with Gasteiger partial charge in [-0.15, -0.1) is 0 Å². The van der Waals surface area contributed by atoms with Gasteiger partial charge in [-0.1, -0.05) is 11.6 Å². The summed E-state index contributed by atoms with van der Waals surface area (Å²) < 4.78 is 6.09. The number of aromatic nitrogens is 2. The number of ether oxygens (including phenoxy) is 1. The summed E-state index contributed by atoms with van der Waals surface area (Å²) in [6.07, 6.45) is 0. The Morgan fingerprint density at radius 3 is 2.89 bits per heavy atom. The predicted octanol–water partition coefficient (Wildman–Crippen LogP) is 4.31. The van der Waals surface area contributed by atoms with E-state index in [-0.39, 0.29) is 0 Å². The van der Waals surface area contributed by atoms with Gasteiger partial charge in [-0.3, -0.25) is 0 Å². The molecule has 0 spiro atoms. The highest BCUT2D eigenvalue weighted by Gasteiger charge is 2.19. The lowest BCUT2D eigenvalue weighted by atomic mass is 10.2. The standard InChI is InChI=1S/C13H10BrClN2OS/c1-18-11-3-2-7(4-9(11)14)13-16-10-6-19-5-8(10)12(15)17-13/h2-4H,5-6H2,1H3. The van der Waals surface area contributed by atoms with E-state index in [1.807, 2.05) is 30.0 Å². The van der Waals surface area contributed by atoms with Gasteiger partial charge >= 0.3 is 0 Å². The Hall–Kier alpha value is -0.780. The second-order valence-corrected chi connectivity index (χ2v) is 6.30. The van der Waals surface area contributed by atoms with Gasteiger partial charge in [-0.25, -0.2) is 9.97 Å². The second kappa shape index (κ2) is 5.31. The topological polar surface area (TPSA) is 35.0 Å². The molecular formula is C13H10BrClN2OS. The van der Waals surface area contributed by atoms with E-state index in [0.717, 1.165) is 38.5 Å². The van der Waals surface area contributed by atoms with Crippen LogP contribution in [0.1, 0.15) is 11.3 Å². The fourth-order valence-electron chi connectivity index (χ4n) is 1.95. The summed E-state index contributed by atoms with van der Waals surface area (Å²) in [6, 6.07) is 5.77. The van der Waals surface area contributed by atoms with Crippen LogP contribution in [0.4, 0.5) is 0 Å². The number of hydrogen-bond acceptors (Lipinski definition) is 4. The summed E-state index contributed by atoms with van der Waals surface area (Å²) >= 11 is 11.5. The smallest absolute Gasteiger partial charge is 0.161 e. The van der Waals surface area contributed by atoms with Crippen LogP contribution in [0.15, 0.2) is 22.7 Å². The Balaban J connectivity index is 2.07.